The molecule has 1 nitrogen and oxygen atoms in total. The molecular weight excluding hydrogens is 100 g/mol. The van der Waals surface area contributed by atoms with Crippen LogP contribution in [0.25, 0.3) is 0 Å². The van der Waals surface area contributed by atoms with Crippen molar-refractivity contribution in [2.75, 3.05) is 6.61 Å². The minimum absolute atomic E-state index is 0.132. The molecule has 0 aromatic rings. The van der Waals surface area contributed by atoms with Gasteiger partial charge in [0.05, 0.1) is 6.61 Å². The smallest absolute Gasteiger partial charge is 0.0642 e. The van der Waals surface area contributed by atoms with Gasteiger partial charge in [-0.1, -0.05) is 18.2 Å². The van der Waals surface area contributed by atoms with Crippen LogP contribution < -0.4 is 0 Å². The standard InChI is InChI=1S/C7H12O/c1-6(2)4-7(3)5-8/h4,8H,1,5H2,2-3H3/b7-4+. The molecule has 0 unspecified atom stereocenters. The highest BCUT2D eigenvalue weighted by atomic mass is 16.3. The summed E-state index contributed by atoms with van der Waals surface area (Å²) in [4.78, 5) is 0. The Kier molecular flexibility index (Phi) is 3.20. The molecule has 0 aliphatic heterocycles. The third-order valence-electron chi connectivity index (χ3n) is 0.742. The molecule has 0 saturated heterocycles. The quantitative estimate of drug-likeness (QED) is 0.537. The second kappa shape index (κ2) is 3.44. The molecule has 0 fully saturated rings. The molecule has 0 amide bonds. The van der Waals surface area contributed by atoms with Crippen LogP contribution in [0.2, 0.25) is 0 Å². The largest absolute Gasteiger partial charge is 0.392 e. The molecule has 0 radical (unpaired) electrons. The highest BCUT2D eigenvalue weighted by molar-refractivity contribution is 5.16. The molecule has 0 heterocycles. The zero-order valence-corrected chi connectivity index (χ0v) is 5.44. The van der Waals surface area contributed by atoms with E-state index in [1.807, 2.05) is 19.9 Å². The topological polar surface area (TPSA) is 20.2 Å². The summed E-state index contributed by atoms with van der Waals surface area (Å²) < 4.78 is 0. The second-order valence-electron chi connectivity index (χ2n) is 2.00. The Balaban J connectivity index is 3.75. The van der Waals surface area contributed by atoms with Crippen LogP contribution in [0, 0.1) is 0 Å². The lowest BCUT2D eigenvalue weighted by Crippen LogP contribution is -1.82. The fourth-order valence-corrected chi connectivity index (χ4v) is 0.466. The van der Waals surface area contributed by atoms with E-state index in [4.69, 9.17) is 5.11 Å². The third-order valence-corrected chi connectivity index (χ3v) is 0.742. The fraction of sp³-hybridized carbons (Fsp3) is 0.429. The summed E-state index contributed by atoms with van der Waals surface area (Å²) >= 11 is 0. The Labute approximate surface area is 50.3 Å². The molecule has 0 aliphatic carbocycles. The Hall–Kier alpha value is -0.560. The van der Waals surface area contributed by atoms with Crippen molar-refractivity contribution in [2.45, 2.75) is 13.8 Å². The van der Waals surface area contributed by atoms with Gasteiger partial charge in [0.15, 0.2) is 0 Å². The van der Waals surface area contributed by atoms with E-state index in [1.165, 1.54) is 0 Å². The minimum atomic E-state index is 0.132. The van der Waals surface area contributed by atoms with Crippen molar-refractivity contribution in [1.82, 2.24) is 0 Å². The first-order valence-electron chi connectivity index (χ1n) is 2.60. The number of hydrogen-bond acceptors (Lipinski definition) is 1. The van der Waals surface area contributed by atoms with Crippen LogP contribution in [0.15, 0.2) is 23.8 Å². The second-order valence-corrected chi connectivity index (χ2v) is 2.00. The van der Waals surface area contributed by atoms with Gasteiger partial charge < -0.3 is 5.11 Å². The highest BCUT2D eigenvalue weighted by Gasteiger charge is 1.81. The van der Waals surface area contributed by atoms with Gasteiger partial charge >= 0.3 is 0 Å². The number of aliphatic hydroxyl groups excluding tert-OH is 1. The molecule has 1 heteroatoms. The molecule has 0 atom stereocenters. The number of hydrogen-bond donors (Lipinski definition) is 1. The van der Waals surface area contributed by atoms with Crippen molar-refractivity contribution in [1.29, 1.82) is 0 Å². The number of rotatable bonds is 2. The van der Waals surface area contributed by atoms with Crippen LogP contribution in [0.3, 0.4) is 0 Å². The monoisotopic (exact) mass is 112 g/mol. The molecule has 0 aromatic heterocycles. The zero-order chi connectivity index (χ0) is 6.57. The molecule has 0 saturated carbocycles. The fourth-order valence-electron chi connectivity index (χ4n) is 0.466. The predicted octanol–water partition coefficient (Wildman–Crippen LogP) is 1.50. The summed E-state index contributed by atoms with van der Waals surface area (Å²) in [6.07, 6.45) is 1.86. The van der Waals surface area contributed by atoms with Gasteiger partial charge in [-0.05, 0) is 19.4 Å². The molecule has 0 aromatic carbocycles. The first-order chi connectivity index (χ1) is 3.66. The van der Waals surface area contributed by atoms with Gasteiger partial charge in [0.2, 0.25) is 0 Å². The molecular formula is C7H12O. The van der Waals surface area contributed by atoms with Gasteiger partial charge in [0.25, 0.3) is 0 Å². The van der Waals surface area contributed by atoms with E-state index in [1.54, 1.807) is 0 Å². The van der Waals surface area contributed by atoms with E-state index in [0.717, 1.165) is 11.1 Å². The van der Waals surface area contributed by atoms with Crippen molar-refractivity contribution >= 4 is 0 Å². The Bertz CT molecular complexity index is 112. The minimum Gasteiger partial charge on any atom is -0.392 e. The van der Waals surface area contributed by atoms with E-state index >= 15 is 0 Å². The normalized spacial score (nSPS) is 11.6. The number of aliphatic hydroxyl groups is 1. The maximum Gasteiger partial charge on any atom is 0.0642 e. The Morgan fingerprint density at radius 2 is 2.12 bits per heavy atom. The maximum absolute atomic E-state index is 8.47. The predicted molar refractivity (Wildman–Crippen MR) is 35.7 cm³/mol. The third kappa shape index (κ3) is 3.62. The van der Waals surface area contributed by atoms with Crippen molar-refractivity contribution in [3.8, 4) is 0 Å². The SMILES string of the molecule is C=C(C)/C=C(\C)CO. The molecule has 0 bridgehead atoms. The van der Waals surface area contributed by atoms with Crippen LogP contribution in [0.1, 0.15) is 13.8 Å². The average Bonchev–Trinajstić information content (AvgIpc) is 1.65. The lowest BCUT2D eigenvalue weighted by atomic mass is 10.2. The summed E-state index contributed by atoms with van der Waals surface area (Å²) in [5.74, 6) is 0. The lowest BCUT2D eigenvalue weighted by molar-refractivity contribution is 0.331. The van der Waals surface area contributed by atoms with E-state index < -0.39 is 0 Å². The molecule has 8 heavy (non-hydrogen) atoms. The summed E-state index contributed by atoms with van der Waals surface area (Å²) in [6.45, 7) is 7.56. The first kappa shape index (κ1) is 7.44. The van der Waals surface area contributed by atoms with Gasteiger partial charge in [0.1, 0.15) is 0 Å². The van der Waals surface area contributed by atoms with Crippen LogP contribution in [0.4, 0.5) is 0 Å². The van der Waals surface area contributed by atoms with E-state index in [9.17, 15) is 0 Å². The van der Waals surface area contributed by atoms with Crippen LogP contribution >= 0.6 is 0 Å². The van der Waals surface area contributed by atoms with Gasteiger partial charge in [-0.25, -0.2) is 0 Å². The first-order valence-corrected chi connectivity index (χ1v) is 2.60. The van der Waals surface area contributed by atoms with Crippen molar-refractivity contribution in [3.63, 3.8) is 0 Å². The maximum atomic E-state index is 8.47. The average molecular weight is 112 g/mol. The molecule has 0 aliphatic rings. The van der Waals surface area contributed by atoms with Crippen molar-refractivity contribution < 1.29 is 5.11 Å². The van der Waals surface area contributed by atoms with E-state index in [2.05, 4.69) is 6.58 Å². The van der Waals surface area contributed by atoms with Crippen LogP contribution in [-0.4, -0.2) is 11.7 Å². The van der Waals surface area contributed by atoms with Gasteiger partial charge in [-0.15, -0.1) is 0 Å². The van der Waals surface area contributed by atoms with Crippen LogP contribution in [0.5, 0.6) is 0 Å². The lowest BCUT2D eigenvalue weighted by Gasteiger charge is -1.91. The summed E-state index contributed by atoms with van der Waals surface area (Å²) in [5, 5.41) is 8.47. The van der Waals surface area contributed by atoms with Gasteiger partial charge in [-0.3, -0.25) is 0 Å². The Morgan fingerprint density at radius 1 is 1.62 bits per heavy atom. The molecule has 0 rings (SSSR count). The Morgan fingerprint density at radius 3 is 2.25 bits per heavy atom. The highest BCUT2D eigenvalue weighted by Crippen LogP contribution is 1.96. The van der Waals surface area contributed by atoms with E-state index in [0.29, 0.717) is 0 Å². The number of allylic oxidation sites excluding steroid dienone is 2. The molecule has 1 N–H and O–H groups in total. The van der Waals surface area contributed by atoms with Gasteiger partial charge in [-0.2, -0.15) is 0 Å². The van der Waals surface area contributed by atoms with Crippen molar-refractivity contribution in [3.05, 3.63) is 23.8 Å². The summed E-state index contributed by atoms with van der Waals surface area (Å²) in [7, 11) is 0. The summed E-state index contributed by atoms with van der Waals surface area (Å²) in [6, 6.07) is 0. The van der Waals surface area contributed by atoms with Gasteiger partial charge in [0, 0.05) is 0 Å². The zero-order valence-electron chi connectivity index (χ0n) is 5.44. The molecule has 0 spiro atoms. The molecule has 46 valence electrons. The summed E-state index contributed by atoms with van der Waals surface area (Å²) in [5.41, 5.74) is 1.94. The van der Waals surface area contributed by atoms with Crippen LogP contribution in [-0.2, 0) is 0 Å². The van der Waals surface area contributed by atoms with E-state index in [-0.39, 0.29) is 6.61 Å². The van der Waals surface area contributed by atoms with Crippen molar-refractivity contribution in [2.24, 2.45) is 0 Å².